The number of aryl methyl sites for hydroxylation is 2. The van der Waals surface area contributed by atoms with Crippen LogP contribution in [0.5, 0.6) is 0 Å². The largest absolute Gasteiger partial charge is 0.358 e. The Morgan fingerprint density at radius 2 is 1.66 bits per heavy atom. The summed E-state index contributed by atoms with van der Waals surface area (Å²) < 4.78 is 0. The average Bonchev–Trinajstić information content (AvgIpc) is 3.13. The van der Waals surface area contributed by atoms with Crippen LogP contribution in [-0.4, -0.2) is 34.8 Å². The van der Waals surface area contributed by atoms with Crippen LogP contribution in [0.15, 0.2) is 42.5 Å². The molecule has 150 valence electrons. The van der Waals surface area contributed by atoms with Crippen molar-refractivity contribution in [2.75, 3.05) is 18.4 Å². The smallest absolute Gasteiger partial charge is 0.255 e. The van der Waals surface area contributed by atoms with Crippen LogP contribution >= 0.6 is 0 Å². The van der Waals surface area contributed by atoms with Gasteiger partial charge < -0.3 is 15.2 Å². The monoisotopic (exact) mass is 389 g/mol. The fraction of sp³-hybridized carbons (Fsp3) is 0.333. The molecule has 5 nitrogen and oxygen atoms in total. The van der Waals surface area contributed by atoms with Crippen molar-refractivity contribution in [3.05, 3.63) is 64.8 Å². The number of aromatic amines is 1. The summed E-state index contributed by atoms with van der Waals surface area (Å²) >= 11 is 0. The number of carbonyl (C=O) groups excluding carboxylic acids is 2. The van der Waals surface area contributed by atoms with Gasteiger partial charge >= 0.3 is 0 Å². The van der Waals surface area contributed by atoms with Crippen LogP contribution in [0.25, 0.3) is 10.9 Å². The predicted octanol–water partition coefficient (Wildman–Crippen LogP) is 4.78. The van der Waals surface area contributed by atoms with Gasteiger partial charge in [-0.25, -0.2) is 0 Å². The molecule has 2 aromatic carbocycles. The number of hydrogen-bond acceptors (Lipinski definition) is 2. The van der Waals surface area contributed by atoms with Gasteiger partial charge in [0.25, 0.3) is 11.8 Å². The number of hydrogen-bond donors (Lipinski definition) is 2. The lowest BCUT2D eigenvalue weighted by molar-refractivity contribution is 0.0773. The first-order valence-corrected chi connectivity index (χ1v) is 10.4. The van der Waals surface area contributed by atoms with Crippen LogP contribution in [0, 0.1) is 0 Å². The Morgan fingerprint density at radius 3 is 2.38 bits per heavy atom. The summed E-state index contributed by atoms with van der Waals surface area (Å²) in [5.41, 5.74) is 5.74. The van der Waals surface area contributed by atoms with Crippen LogP contribution in [-0.2, 0) is 12.8 Å². The van der Waals surface area contributed by atoms with E-state index < -0.39 is 0 Å². The van der Waals surface area contributed by atoms with Crippen molar-refractivity contribution in [1.82, 2.24) is 9.88 Å². The van der Waals surface area contributed by atoms with Crippen molar-refractivity contribution < 1.29 is 9.59 Å². The molecule has 0 saturated carbocycles. The van der Waals surface area contributed by atoms with Gasteiger partial charge in [0, 0.05) is 46.5 Å². The zero-order chi connectivity index (χ0) is 20.4. The summed E-state index contributed by atoms with van der Waals surface area (Å²) in [7, 11) is 0. The Kier molecular flexibility index (Phi) is 5.38. The van der Waals surface area contributed by atoms with Gasteiger partial charge in [0.15, 0.2) is 0 Å². The summed E-state index contributed by atoms with van der Waals surface area (Å²) in [6.07, 6.45) is 4.58. The minimum atomic E-state index is -0.138. The fourth-order valence-corrected chi connectivity index (χ4v) is 4.14. The third kappa shape index (κ3) is 3.77. The summed E-state index contributed by atoms with van der Waals surface area (Å²) in [4.78, 5) is 30.5. The van der Waals surface area contributed by atoms with Crippen molar-refractivity contribution >= 4 is 28.4 Å². The minimum Gasteiger partial charge on any atom is -0.358 e. The lowest BCUT2D eigenvalue weighted by atomic mass is 9.95. The third-order valence-corrected chi connectivity index (χ3v) is 5.80. The highest BCUT2D eigenvalue weighted by Crippen LogP contribution is 2.30. The molecule has 1 aliphatic carbocycles. The Hall–Kier alpha value is -3.08. The van der Waals surface area contributed by atoms with Crippen molar-refractivity contribution in [1.29, 1.82) is 0 Å². The van der Waals surface area contributed by atoms with Crippen LogP contribution < -0.4 is 5.32 Å². The van der Waals surface area contributed by atoms with Gasteiger partial charge in [-0.2, -0.15) is 0 Å². The highest BCUT2D eigenvalue weighted by atomic mass is 16.2. The topological polar surface area (TPSA) is 65.2 Å². The van der Waals surface area contributed by atoms with Gasteiger partial charge in [-0.1, -0.05) is 0 Å². The first kappa shape index (κ1) is 19.2. The molecule has 0 fully saturated rings. The van der Waals surface area contributed by atoms with Gasteiger partial charge in [0.2, 0.25) is 0 Å². The molecule has 3 aromatic rings. The molecule has 0 aliphatic heterocycles. The maximum absolute atomic E-state index is 12.8. The maximum Gasteiger partial charge on any atom is 0.255 e. The SMILES string of the molecule is CCN(CC)C(=O)c1ccc(NC(=O)c2ccc3[nH]c4c(c3c2)CCCC4)cc1. The summed E-state index contributed by atoms with van der Waals surface area (Å²) in [6, 6.07) is 12.9. The molecule has 1 heterocycles. The number of H-pyrrole nitrogens is 1. The van der Waals surface area contributed by atoms with Gasteiger partial charge in [-0.05, 0) is 87.6 Å². The molecule has 2 amide bonds. The van der Waals surface area contributed by atoms with Crippen LogP contribution in [0.2, 0.25) is 0 Å². The number of anilines is 1. The van der Waals surface area contributed by atoms with Crippen LogP contribution in [0.1, 0.15) is 58.7 Å². The first-order valence-electron chi connectivity index (χ1n) is 10.4. The number of amides is 2. The van der Waals surface area contributed by atoms with Gasteiger partial charge in [0.05, 0.1) is 0 Å². The molecule has 0 atom stereocenters. The van der Waals surface area contributed by atoms with E-state index in [-0.39, 0.29) is 11.8 Å². The van der Waals surface area contributed by atoms with E-state index in [0.717, 1.165) is 23.7 Å². The van der Waals surface area contributed by atoms with E-state index in [9.17, 15) is 9.59 Å². The van der Waals surface area contributed by atoms with E-state index >= 15 is 0 Å². The molecule has 1 aliphatic rings. The van der Waals surface area contributed by atoms with E-state index in [1.165, 1.54) is 24.1 Å². The number of nitrogens with zero attached hydrogens (tertiary/aromatic N) is 1. The van der Waals surface area contributed by atoms with Crippen molar-refractivity contribution in [2.45, 2.75) is 39.5 Å². The van der Waals surface area contributed by atoms with E-state index in [1.54, 1.807) is 29.2 Å². The Labute approximate surface area is 171 Å². The molecule has 4 rings (SSSR count). The van der Waals surface area contributed by atoms with Crippen molar-refractivity contribution in [2.24, 2.45) is 0 Å². The molecular formula is C24H27N3O2. The van der Waals surface area contributed by atoms with E-state index in [4.69, 9.17) is 0 Å². The molecule has 5 heteroatoms. The van der Waals surface area contributed by atoms with Gasteiger partial charge in [-0.15, -0.1) is 0 Å². The second-order valence-electron chi connectivity index (χ2n) is 7.56. The number of benzene rings is 2. The van der Waals surface area contributed by atoms with E-state index in [0.29, 0.717) is 29.9 Å². The third-order valence-electron chi connectivity index (χ3n) is 5.80. The Morgan fingerprint density at radius 1 is 0.966 bits per heavy atom. The minimum absolute atomic E-state index is 0.00978. The Balaban J connectivity index is 1.51. The van der Waals surface area contributed by atoms with Crippen LogP contribution in [0.3, 0.4) is 0 Å². The normalized spacial score (nSPS) is 13.2. The molecule has 29 heavy (non-hydrogen) atoms. The molecule has 0 spiro atoms. The zero-order valence-electron chi connectivity index (χ0n) is 17.0. The molecule has 0 unspecified atom stereocenters. The molecule has 1 aromatic heterocycles. The second-order valence-corrected chi connectivity index (χ2v) is 7.56. The average molecular weight is 389 g/mol. The number of fused-ring (bicyclic) bond motifs is 3. The molecule has 2 N–H and O–H groups in total. The summed E-state index contributed by atoms with van der Waals surface area (Å²) in [5.74, 6) is -0.129. The van der Waals surface area contributed by atoms with E-state index in [2.05, 4.69) is 10.3 Å². The van der Waals surface area contributed by atoms with Crippen molar-refractivity contribution in [3.63, 3.8) is 0 Å². The number of carbonyl (C=O) groups is 2. The lowest BCUT2D eigenvalue weighted by Crippen LogP contribution is -2.30. The van der Waals surface area contributed by atoms with Crippen LogP contribution in [0.4, 0.5) is 5.69 Å². The quantitative estimate of drug-likeness (QED) is 0.659. The lowest BCUT2D eigenvalue weighted by Gasteiger charge is -2.18. The molecule has 0 radical (unpaired) electrons. The van der Waals surface area contributed by atoms with Gasteiger partial charge in [-0.3, -0.25) is 9.59 Å². The number of nitrogens with one attached hydrogen (secondary N) is 2. The Bertz CT molecular complexity index is 1050. The highest BCUT2D eigenvalue weighted by Gasteiger charge is 2.17. The highest BCUT2D eigenvalue weighted by molar-refractivity contribution is 6.07. The summed E-state index contributed by atoms with van der Waals surface area (Å²) in [6.45, 7) is 5.29. The van der Waals surface area contributed by atoms with Crippen molar-refractivity contribution in [3.8, 4) is 0 Å². The maximum atomic E-state index is 12.8. The first-order chi connectivity index (χ1) is 14.1. The molecule has 0 bridgehead atoms. The molecule has 0 saturated heterocycles. The number of aromatic nitrogens is 1. The molecular weight excluding hydrogens is 362 g/mol. The van der Waals surface area contributed by atoms with E-state index in [1.807, 2.05) is 32.0 Å². The standard InChI is InChI=1S/C24H27N3O2/c1-3-27(4-2)24(29)16-9-12-18(13-10-16)25-23(28)17-11-14-22-20(15-17)19-7-5-6-8-21(19)26-22/h9-15,26H,3-8H2,1-2H3,(H,25,28). The summed E-state index contributed by atoms with van der Waals surface area (Å²) in [5, 5.41) is 4.10. The fourth-order valence-electron chi connectivity index (χ4n) is 4.14. The van der Waals surface area contributed by atoms with Gasteiger partial charge in [0.1, 0.15) is 0 Å². The second kappa shape index (κ2) is 8.11. The number of rotatable bonds is 5. The predicted molar refractivity (Wildman–Crippen MR) is 117 cm³/mol. The zero-order valence-corrected chi connectivity index (χ0v) is 17.0.